The number of anilines is 1. The van der Waals surface area contributed by atoms with Gasteiger partial charge in [0.15, 0.2) is 0 Å². The summed E-state index contributed by atoms with van der Waals surface area (Å²) in [5.74, 6) is -0.253. The fourth-order valence-electron chi connectivity index (χ4n) is 1.16. The van der Waals surface area contributed by atoms with Gasteiger partial charge in [0.2, 0.25) is 0 Å². The van der Waals surface area contributed by atoms with E-state index in [2.05, 4.69) is 20.9 Å². The van der Waals surface area contributed by atoms with E-state index >= 15 is 0 Å². The lowest BCUT2D eigenvalue weighted by atomic mass is 10.4. The number of hydrogen-bond acceptors (Lipinski definition) is 3. The maximum absolute atomic E-state index is 13.0. The summed E-state index contributed by atoms with van der Waals surface area (Å²) in [4.78, 5) is 4.98. The van der Waals surface area contributed by atoms with Crippen LogP contribution in [-0.4, -0.2) is 4.98 Å². The van der Waals surface area contributed by atoms with Crippen molar-refractivity contribution in [3.8, 4) is 0 Å². The summed E-state index contributed by atoms with van der Waals surface area (Å²) in [5, 5.41) is 0.764. The largest absolute Gasteiger partial charge is 0.397 e. The Morgan fingerprint density at radius 2 is 2.12 bits per heavy atom. The summed E-state index contributed by atoms with van der Waals surface area (Å²) >= 11 is 4.75. The molecule has 0 radical (unpaired) electrons. The fraction of sp³-hybridized carbons (Fsp3) is 0. The van der Waals surface area contributed by atoms with Crippen LogP contribution in [0.15, 0.2) is 50.9 Å². The van der Waals surface area contributed by atoms with E-state index < -0.39 is 0 Å². The molecule has 0 aliphatic heterocycles. The number of rotatable bonds is 2. The van der Waals surface area contributed by atoms with E-state index in [4.69, 9.17) is 5.73 Å². The van der Waals surface area contributed by atoms with Crippen LogP contribution < -0.4 is 5.73 Å². The van der Waals surface area contributed by atoms with Gasteiger partial charge >= 0.3 is 0 Å². The first-order valence-electron chi connectivity index (χ1n) is 4.49. The molecule has 2 N–H and O–H groups in total. The molecule has 0 saturated carbocycles. The lowest BCUT2D eigenvalue weighted by Crippen LogP contribution is -1.88. The number of hydrogen-bond donors (Lipinski definition) is 1. The standard InChI is InChI=1S/C11H8BrFN2S/c12-10-5-8(14)6-15-11(10)16-9-3-1-2-7(13)4-9/h1-6H,14H2. The quantitative estimate of drug-likeness (QED) is 0.918. The molecule has 2 rings (SSSR count). The normalized spacial score (nSPS) is 10.4. The van der Waals surface area contributed by atoms with Gasteiger partial charge < -0.3 is 5.73 Å². The van der Waals surface area contributed by atoms with Gasteiger partial charge in [0, 0.05) is 4.90 Å². The van der Waals surface area contributed by atoms with E-state index in [0.29, 0.717) is 5.69 Å². The van der Waals surface area contributed by atoms with Crippen LogP contribution in [0, 0.1) is 5.82 Å². The monoisotopic (exact) mass is 298 g/mol. The molecular formula is C11H8BrFN2S. The van der Waals surface area contributed by atoms with Gasteiger partial charge in [-0.2, -0.15) is 0 Å². The summed E-state index contributed by atoms with van der Waals surface area (Å²) in [5.41, 5.74) is 6.18. The van der Waals surface area contributed by atoms with Crippen LogP contribution in [0.25, 0.3) is 0 Å². The molecule has 0 atom stereocenters. The second-order valence-electron chi connectivity index (χ2n) is 3.12. The molecule has 0 spiro atoms. The number of nitrogens with zero attached hydrogens (tertiary/aromatic N) is 1. The minimum atomic E-state index is -0.253. The predicted octanol–water partition coefficient (Wildman–Crippen LogP) is 3.72. The van der Waals surface area contributed by atoms with Crippen LogP contribution in [0.5, 0.6) is 0 Å². The highest BCUT2D eigenvalue weighted by Crippen LogP contribution is 2.32. The van der Waals surface area contributed by atoms with Gasteiger partial charge in [-0.3, -0.25) is 0 Å². The van der Waals surface area contributed by atoms with E-state index in [1.54, 1.807) is 18.3 Å². The van der Waals surface area contributed by atoms with Gasteiger partial charge in [0.05, 0.1) is 16.4 Å². The third-order valence-electron chi connectivity index (χ3n) is 1.84. The maximum atomic E-state index is 13.0. The van der Waals surface area contributed by atoms with Gasteiger partial charge in [-0.05, 0) is 40.2 Å². The van der Waals surface area contributed by atoms with Crippen LogP contribution >= 0.6 is 27.7 Å². The molecule has 1 heterocycles. The zero-order valence-corrected chi connectivity index (χ0v) is 10.6. The highest BCUT2D eigenvalue weighted by atomic mass is 79.9. The smallest absolute Gasteiger partial charge is 0.124 e. The van der Waals surface area contributed by atoms with Crippen LogP contribution in [0.3, 0.4) is 0 Å². The Hall–Kier alpha value is -1.07. The van der Waals surface area contributed by atoms with Gasteiger partial charge in [0.1, 0.15) is 10.8 Å². The van der Waals surface area contributed by atoms with Gasteiger partial charge in [-0.15, -0.1) is 0 Å². The second-order valence-corrected chi connectivity index (χ2v) is 5.03. The van der Waals surface area contributed by atoms with Gasteiger partial charge in [-0.25, -0.2) is 9.37 Å². The van der Waals surface area contributed by atoms with Crippen LogP contribution in [0.2, 0.25) is 0 Å². The molecule has 0 fully saturated rings. The Balaban J connectivity index is 2.27. The molecule has 16 heavy (non-hydrogen) atoms. The maximum Gasteiger partial charge on any atom is 0.124 e. The van der Waals surface area contributed by atoms with Crippen molar-refractivity contribution in [2.45, 2.75) is 9.92 Å². The Morgan fingerprint density at radius 1 is 1.31 bits per heavy atom. The molecule has 0 saturated heterocycles. The average Bonchev–Trinajstić information content (AvgIpc) is 2.22. The minimum Gasteiger partial charge on any atom is -0.397 e. The molecule has 0 aliphatic rings. The SMILES string of the molecule is Nc1cnc(Sc2cccc(F)c2)c(Br)c1. The molecule has 0 aliphatic carbocycles. The number of pyridine rings is 1. The number of benzene rings is 1. The van der Waals surface area contributed by atoms with Crippen LogP contribution in [0.4, 0.5) is 10.1 Å². The molecule has 1 aromatic heterocycles. The fourth-order valence-corrected chi connectivity index (χ4v) is 2.57. The van der Waals surface area contributed by atoms with Gasteiger partial charge in [-0.1, -0.05) is 17.8 Å². The van der Waals surface area contributed by atoms with E-state index in [9.17, 15) is 4.39 Å². The molecule has 2 aromatic rings. The van der Waals surface area contributed by atoms with Crippen molar-refractivity contribution < 1.29 is 4.39 Å². The molecule has 82 valence electrons. The Morgan fingerprint density at radius 3 is 2.81 bits per heavy atom. The molecule has 2 nitrogen and oxygen atoms in total. The van der Waals surface area contributed by atoms with Crippen LogP contribution in [0.1, 0.15) is 0 Å². The van der Waals surface area contributed by atoms with Crippen molar-refractivity contribution in [1.82, 2.24) is 4.98 Å². The molecular weight excluding hydrogens is 291 g/mol. The van der Waals surface area contributed by atoms with Crippen molar-refractivity contribution >= 4 is 33.4 Å². The summed E-state index contributed by atoms with van der Waals surface area (Å²) in [6, 6.07) is 8.15. The molecule has 0 unspecified atom stereocenters. The van der Waals surface area contributed by atoms with Crippen molar-refractivity contribution in [3.63, 3.8) is 0 Å². The van der Waals surface area contributed by atoms with Crippen molar-refractivity contribution in [2.75, 3.05) is 5.73 Å². The molecule has 0 bridgehead atoms. The Bertz CT molecular complexity index is 519. The Kier molecular flexibility index (Phi) is 3.46. The van der Waals surface area contributed by atoms with Crippen LogP contribution in [-0.2, 0) is 0 Å². The third kappa shape index (κ3) is 2.74. The first kappa shape index (κ1) is 11.4. The second kappa shape index (κ2) is 4.84. The van der Waals surface area contributed by atoms with E-state index in [-0.39, 0.29) is 5.82 Å². The van der Waals surface area contributed by atoms with E-state index in [1.807, 2.05) is 6.07 Å². The van der Waals surface area contributed by atoms with Crippen molar-refractivity contribution in [3.05, 3.63) is 46.8 Å². The molecule has 0 amide bonds. The van der Waals surface area contributed by atoms with Crippen molar-refractivity contribution in [1.29, 1.82) is 0 Å². The third-order valence-corrected chi connectivity index (χ3v) is 3.71. The summed E-state index contributed by atoms with van der Waals surface area (Å²) in [7, 11) is 0. The predicted molar refractivity (Wildman–Crippen MR) is 66.9 cm³/mol. The highest BCUT2D eigenvalue weighted by molar-refractivity contribution is 9.10. The van der Waals surface area contributed by atoms with Gasteiger partial charge in [0.25, 0.3) is 0 Å². The van der Waals surface area contributed by atoms with E-state index in [1.165, 1.54) is 23.9 Å². The first-order valence-corrected chi connectivity index (χ1v) is 6.10. The lowest BCUT2D eigenvalue weighted by Gasteiger charge is -2.04. The summed E-state index contributed by atoms with van der Waals surface area (Å²) < 4.78 is 13.8. The zero-order valence-electron chi connectivity index (χ0n) is 8.15. The number of nitrogens with two attached hydrogens (primary N) is 1. The first-order chi connectivity index (χ1) is 7.65. The average molecular weight is 299 g/mol. The van der Waals surface area contributed by atoms with Crippen molar-refractivity contribution in [2.24, 2.45) is 0 Å². The Labute approximate surface area is 105 Å². The number of nitrogen functional groups attached to an aromatic ring is 1. The number of halogens is 2. The molecule has 1 aromatic carbocycles. The zero-order chi connectivity index (χ0) is 11.5. The highest BCUT2D eigenvalue weighted by Gasteiger charge is 2.05. The topological polar surface area (TPSA) is 38.9 Å². The van der Waals surface area contributed by atoms with E-state index in [0.717, 1.165) is 14.4 Å². The summed E-state index contributed by atoms with van der Waals surface area (Å²) in [6.07, 6.45) is 1.58. The molecule has 5 heteroatoms. The lowest BCUT2D eigenvalue weighted by molar-refractivity contribution is 0.624. The number of aromatic nitrogens is 1. The minimum absolute atomic E-state index is 0.253. The summed E-state index contributed by atoms with van der Waals surface area (Å²) in [6.45, 7) is 0.